The van der Waals surface area contributed by atoms with Gasteiger partial charge >= 0.3 is 0 Å². The minimum absolute atomic E-state index is 0. The number of allylic oxidation sites excluding steroid dienone is 4. The third kappa shape index (κ3) is 8.33. The van der Waals surface area contributed by atoms with E-state index >= 15 is 0 Å². The number of hydrogen-bond acceptors (Lipinski definition) is 2. The molecule has 1 saturated heterocycles. The van der Waals surface area contributed by atoms with Gasteiger partial charge in [0.05, 0.1) is 6.04 Å². The van der Waals surface area contributed by atoms with Crippen molar-refractivity contribution in [3.05, 3.63) is 22.8 Å². The highest BCUT2D eigenvalue weighted by Gasteiger charge is 2.40. The van der Waals surface area contributed by atoms with E-state index in [1.807, 2.05) is 0 Å². The second-order valence-corrected chi connectivity index (χ2v) is 9.81. The van der Waals surface area contributed by atoms with E-state index in [0.717, 1.165) is 50.3 Å². The summed E-state index contributed by atoms with van der Waals surface area (Å²) in [4.78, 5) is 15.4. The van der Waals surface area contributed by atoms with Crippen molar-refractivity contribution in [2.24, 2.45) is 17.3 Å². The van der Waals surface area contributed by atoms with Gasteiger partial charge in [0, 0.05) is 18.1 Å². The van der Waals surface area contributed by atoms with Crippen LogP contribution in [0.3, 0.4) is 0 Å². The van der Waals surface area contributed by atoms with Gasteiger partial charge in [-0.05, 0) is 55.6 Å². The molecule has 1 fully saturated rings. The van der Waals surface area contributed by atoms with E-state index in [9.17, 15) is 4.79 Å². The molecule has 178 valence electrons. The normalized spacial score (nSPS) is 21.4. The molecule has 1 aliphatic carbocycles. The van der Waals surface area contributed by atoms with Crippen LogP contribution in [0.2, 0.25) is 0 Å². The maximum absolute atomic E-state index is 13.2. The van der Waals surface area contributed by atoms with Crippen LogP contribution in [0.25, 0.3) is 0 Å². The van der Waals surface area contributed by atoms with Crippen LogP contribution >= 0.6 is 11.6 Å². The van der Waals surface area contributed by atoms with Crippen LogP contribution < -0.4 is 5.32 Å². The average Bonchev–Trinajstić information content (AvgIpc) is 2.61. The van der Waals surface area contributed by atoms with Gasteiger partial charge in [-0.15, -0.1) is 0 Å². The molecule has 2 rings (SSSR count). The molecule has 0 spiro atoms. The van der Waals surface area contributed by atoms with E-state index in [1.54, 1.807) is 0 Å². The van der Waals surface area contributed by atoms with Crippen molar-refractivity contribution in [2.75, 3.05) is 19.6 Å². The van der Waals surface area contributed by atoms with Crippen molar-refractivity contribution in [3.63, 3.8) is 0 Å². The van der Waals surface area contributed by atoms with E-state index in [4.69, 9.17) is 11.6 Å². The van der Waals surface area contributed by atoms with Gasteiger partial charge in [-0.2, -0.15) is 0 Å². The lowest BCUT2D eigenvalue weighted by Crippen LogP contribution is -2.55. The number of amides is 1. The highest BCUT2D eigenvalue weighted by Crippen LogP contribution is 2.42. The SMILES string of the molecule is C.CCCCCN[C@@H](C(=O)N1CC[C@H](C2=CC=C(Cl)CC2)C(C)(C)C1)C(C)C.O.O. The van der Waals surface area contributed by atoms with Gasteiger partial charge in [0.2, 0.25) is 5.91 Å². The summed E-state index contributed by atoms with van der Waals surface area (Å²) in [5.74, 6) is 1.14. The molecule has 1 heterocycles. The van der Waals surface area contributed by atoms with Crippen molar-refractivity contribution in [3.8, 4) is 0 Å². The van der Waals surface area contributed by atoms with E-state index < -0.39 is 0 Å². The molecule has 0 radical (unpaired) electrons. The Morgan fingerprint density at radius 1 is 1.23 bits per heavy atom. The number of unbranched alkanes of at least 4 members (excludes halogenated alkanes) is 2. The van der Waals surface area contributed by atoms with E-state index in [-0.39, 0.29) is 35.7 Å². The lowest BCUT2D eigenvalue weighted by Gasteiger charge is -2.47. The van der Waals surface area contributed by atoms with Crippen LogP contribution in [0, 0.1) is 17.3 Å². The highest BCUT2D eigenvalue weighted by atomic mass is 35.5. The van der Waals surface area contributed by atoms with Crippen LogP contribution in [0.15, 0.2) is 22.8 Å². The molecule has 30 heavy (non-hydrogen) atoms. The van der Waals surface area contributed by atoms with Crippen LogP contribution in [-0.2, 0) is 4.79 Å². The Hall–Kier alpha value is -0.880. The lowest BCUT2D eigenvalue weighted by atomic mass is 9.68. The first-order valence-corrected chi connectivity index (χ1v) is 11.2. The van der Waals surface area contributed by atoms with Crippen molar-refractivity contribution in [2.45, 2.75) is 86.6 Å². The molecule has 6 heteroatoms. The Bertz CT molecular complexity index is 573. The molecular formula is C24H47ClN2O3. The first-order valence-electron chi connectivity index (χ1n) is 10.8. The monoisotopic (exact) mass is 446 g/mol. The topological polar surface area (TPSA) is 95.3 Å². The summed E-state index contributed by atoms with van der Waals surface area (Å²) in [5, 5.41) is 4.49. The average molecular weight is 447 g/mol. The number of nitrogens with one attached hydrogen (secondary N) is 1. The van der Waals surface area contributed by atoms with Gasteiger partial charge in [0.1, 0.15) is 0 Å². The quantitative estimate of drug-likeness (QED) is 0.555. The van der Waals surface area contributed by atoms with Crippen LogP contribution in [0.4, 0.5) is 0 Å². The zero-order chi connectivity index (χ0) is 20.0. The first kappa shape index (κ1) is 31.3. The van der Waals surface area contributed by atoms with Crippen molar-refractivity contribution in [1.82, 2.24) is 10.2 Å². The van der Waals surface area contributed by atoms with E-state index in [1.165, 1.54) is 18.4 Å². The van der Waals surface area contributed by atoms with Gasteiger partial charge < -0.3 is 21.2 Å². The number of halogens is 1. The van der Waals surface area contributed by atoms with Gasteiger partial charge in [0.15, 0.2) is 0 Å². The van der Waals surface area contributed by atoms with Crippen molar-refractivity contribution in [1.29, 1.82) is 0 Å². The van der Waals surface area contributed by atoms with Gasteiger partial charge in [-0.25, -0.2) is 0 Å². The van der Waals surface area contributed by atoms with Crippen LogP contribution in [0.1, 0.15) is 80.6 Å². The van der Waals surface area contributed by atoms with Gasteiger partial charge in [-0.3, -0.25) is 4.79 Å². The second kappa shape index (κ2) is 14.2. The minimum atomic E-state index is -0.0650. The Kier molecular flexibility index (Phi) is 14.9. The van der Waals surface area contributed by atoms with E-state index in [0.29, 0.717) is 11.8 Å². The van der Waals surface area contributed by atoms with Gasteiger partial charge in [-0.1, -0.05) is 78.1 Å². The largest absolute Gasteiger partial charge is 0.412 e. The van der Waals surface area contributed by atoms with E-state index in [2.05, 4.69) is 57.0 Å². The second-order valence-electron chi connectivity index (χ2n) is 9.33. The minimum Gasteiger partial charge on any atom is -0.412 e. The van der Waals surface area contributed by atoms with Crippen LogP contribution in [0.5, 0.6) is 0 Å². The predicted octanol–water partition coefficient (Wildman–Crippen LogP) is 4.50. The highest BCUT2D eigenvalue weighted by molar-refractivity contribution is 6.29. The fourth-order valence-electron chi connectivity index (χ4n) is 4.59. The number of likely N-dealkylation sites (tertiary alicyclic amines) is 1. The smallest absolute Gasteiger partial charge is 0.239 e. The van der Waals surface area contributed by atoms with Gasteiger partial charge in [0.25, 0.3) is 0 Å². The number of carbonyl (C=O) groups excluding carboxylic acids is 1. The summed E-state index contributed by atoms with van der Waals surface area (Å²) < 4.78 is 0. The molecule has 5 N–H and O–H groups in total. The lowest BCUT2D eigenvalue weighted by molar-refractivity contribution is -0.138. The molecule has 5 nitrogen and oxygen atoms in total. The number of piperidine rings is 1. The maximum atomic E-state index is 13.2. The molecule has 0 unspecified atom stereocenters. The predicted molar refractivity (Wildman–Crippen MR) is 130 cm³/mol. The summed E-state index contributed by atoms with van der Waals surface area (Å²) in [6, 6.07) is -0.0650. The number of hydrogen-bond donors (Lipinski definition) is 1. The fourth-order valence-corrected chi connectivity index (χ4v) is 4.75. The summed E-state index contributed by atoms with van der Waals surface area (Å²) in [5.41, 5.74) is 1.61. The Balaban J connectivity index is 0. The molecule has 0 saturated carbocycles. The zero-order valence-electron chi connectivity index (χ0n) is 19.0. The first-order chi connectivity index (χ1) is 12.8. The third-order valence-corrected chi connectivity index (χ3v) is 6.51. The standard InChI is InChI=1S/C23H39ClN2O.CH4.2H2O/c1-6-7-8-14-25-21(17(2)3)22(27)26-15-13-20(23(4,5)16-26)18-9-11-19(24)12-10-18;;;/h9,11,17,20-21,25H,6-8,10,12-16H2,1-5H3;1H4;2*1H2/t20-,21-;;;/m1.../s1. The summed E-state index contributed by atoms with van der Waals surface area (Å²) >= 11 is 6.14. The molecule has 1 aliphatic heterocycles. The summed E-state index contributed by atoms with van der Waals surface area (Å²) in [6.07, 6.45) is 10.9. The third-order valence-electron chi connectivity index (χ3n) is 6.20. The van der Waals surface area contributed by atoms with Crippen molar-refractivity contribution < 1.29 is 15.7 Å². The molecule has 0 aromatic heterocycles. The Labute approximate surface area is 189 Å². The molecule has 2 aliphatic rings. The fraction of sp³-hybridized carbons (Fsp3) is 0.792. The molecule has 0 aromatic rings. The Morgan fingerprint density at radius 2 is 1.90 bits per heavy atom. The number of carbonyl (C=O) groups is 1. The van der Waals surface area contributed by atoms with Crippen LogP contribution in [-0.4, -0.2) is 47.4 Å². The molecular weight excluding hydrogens is 400 g/mol. The zero-order valence-corrected chi connectivity index (χ0v) is 19.7. The molecule has 1 amide bonds. The van der Waals surface area contributed by atoms with Crippen molar-refractivity contribution >= 4 is 17.5 Å². The summed E-state index contributed by atoms with van der Waals surface area (Å²) in [7, 11) is 0. The molecule has 0 aromatic carbocycles. The summed E-state index contributed by atoms with van der Waals surface area (Å²) in [6.45, 7) is 13.8. The Morgan fingerprint density at radius 3 is 2.40 bits per heavy atom. The number of rotatable bonds is 8. The molecule has 2 atom stereocenters. The molecule has 0 bridgehead atoms. The maximum Gasteiger partial charge on any atom is 0.239 e. The number of nitrogens with zero attached hydrogens (tertiary/aromatic N) is 1.